The minimum absolute atomic E-state index is 0.197. The molecule has 44 heavy (non-hydrogen) atoms. The van der Waals surface area contributed by atoms with E-state index in [1.54, 1.807) is 0 Å². The summed E-state index contributed by atoms with van der Waals surface area (Å²) in [5.41, 5.74) is 9.26. The third-order valence-corrected chi connectivity index (χ3v) is 27.1. The van der Waals surface area contributed by atoms with Crippen molar-refractivity contribution >= 4 is 16.8 Å². The maximum Gasteiger partial charge on any atom is 0.204 e. The second kappa shape index (κ2) is 12.9. The molecule has 0 bridgehead atoms. The minimum atomic E-state index is -2.06. The Bertz CT molecular complexity index is 1320. The molecule has 3 nitrogen and oxygen atoms in total. The van der Waals surface area contributed by atoms with Crippen molar-refractivity contribution in [3.8, 4) is 11.4 Å². The molecule has 243 valence electrons. The van der Waals surface area contributed by atoms with Crippen LogP contribution in [0.15, 0.2) is 53.4 Å². The fraction of sp³-hybridized carbons (Fsp3) is 0.615. The smallest absolute Gasteiger partial charge is 0.204 e. The Hall–Kier alpha value is -2.12. The van der Waals surface area contributed by atoms with E-state index in [-0.39, 0.29) is 24.3 Å². The number of aromatic nitrogens is 2. The Kier molecular flexibility index (Phi) is 10.7. The highest BCUT2D eigenvalue weighted by atomic mass is 29.2. The number of para-hydroxylation sites is 2. The Morgan fingerprint density at radius 2 is 0.795 bits per heavy atom. The molecule has 0 saturated heterocycles. The van der Waals surface area contributed by atoms with Gasteiger partial charge < -0.3 is 0 Å². The van der Waals surface area contributed by atoms with Crippen LogP contribution in [0, 0.1) is 0 Å². The molecule has 2 aromatic carbocycles. The first kappa shape index (κ1) is 36.4. The summed E-state index contributed by atoms with van der Waals surface area (Å²) < 4.78 is 10.9. The van der Waals surface area contributed by atoms with Gasteiger partial charge in [0.15, 0.2) is 9.20 Å². The van der Waals surface area contributed by atoms with Gasteiger partial charge in [0.2, 0.25) is 5.62 Å². The number of hydrogen-bond donors (Lipinski definition) is 0. The van der Waals surface area contributed by atoms with E-state index in [9.17, 15) is 0 Å². The second-order valence-electron chi connectivity index (χ2n) is 17.3. The van der Waals surface area contributed by atoms with Crippen molar-refractivity contribution in [1.82, 2.24) is 9.13 Å². The Morgan fingerprint density at radius 1 is 0.523 bits per heavy atom. The molecule has 0 aliphatic heterocycles. The van der Waals surface area contributed by atoms with Crippen LogP contribution >= 0.6 is 0 Å². The molecule has 0 amide bonds. The van der Waals surface area contributed by atoms with Gasteiger partial charge in [0.1, 0.15) is 0 Å². The third kappa shape index (κ3) is 6.56. The van der Waals surface area contributed by atoms with Crippen LogP contribution in [-0.4, -0.2) is 25.9 Å². The van der Waals surface area contributed by atoms with Gasteiger partial charge in [-0.05, 0) is 61.0 Å². The fourth-order valence-electron chi connectivity index (χ4n) is 8.55. The molecule has 1 radical (unpaired) electrons. The average molecular weight is 631 g/mol. The van der Waals surface area contributed by atoms with Crippen molar-refractivity contribution in [3.63, 3.8) is 0 Å². The lowest BCUT2D eigenvalue weighted by Crippen LogP contribution is -2.63. The molecule has 0 N–H and O–H groups in total. The first-order valence-electron chi connectivity index (χ1n) is 17.0. The van der Waals surface area contributed by atoms with Crippen LogP contribution in [0.2, 0.25) is 15.1 Å². The highest BCUT2D eigenvalue weighted by Gasteiger charge is 2.60. The molecule has 0 saturated carbocycles. The number of rotatable bonds is 8. The number of benzene rings is 2. The van der Waals surface area contributed by atoms with Gasteiger partial charge in [0.25, 0.3) is 0 Å². The standard InChI is InChI=1S/C39H64N3Si2/c1-26(2)30-20-18-21-31(27(3)4)34(30)41-24-25-42(35-32(28(5)6)22-19-23-33(35)29(7)8)36(41)40-43-44(37(9,10)11,38(12,13)14)39(15,16)17/h18-29,43H,1-17H3. The third-order valence-electron chi connectivity index (χ3n) is 9.89. The van der Waals surface area contributed by atoms with Crippen LogP contribution in [0.25, 0.3) is 11.4 Å². The van der Waals surface area contributed by atoms with E-state index in [1.807, 2.05) is 0 Å². The quantitative estimate of drug-likeness (QED) is 0.221. The fourth-order valence-corrected chi connectivity index (χ4v) is 21.4. The molecule has 0 aliphatic carbocycles. The van der Waals surface area contributed by atoms with E-state index in [0.29, 0.717) is 23.7 Å². The maximum atomic E-state index is 5.96. The highest BCUT2D eigenvalue weighted by molar-refractivity contribution is 7.28. The monoisotopic (exact) mass is 630 g/mol. The Balaban J connectivity index is 2.63. The lowest BCUT2D eigenvalue weighted by atomic mass is 9.92. The molecular weight excluding hydrogens is 567 g/mol. The number of hydrogen-bond acceptors (Lipinski definition) is 1. The van der Waals surface area contributed by atoms with Crippen LogP contribution in [0.4, 0.5) is 0 Å². The van der Waals surface area contributed by atoms with Gasteiger partial charge in [-0.15, -0.1) is 0 Å². The minimum Gasteiger partial charge on any atom is -0.299 e. The molecular formula is C39H64N3Si2. The molecule has 3 rings (SSSR count). The predicted molar refractivity (Wildman–Crippen MR) is 199 cm³/mol. The maximum absolute atomic E-state index is 5.96. The second-order valence-corrected chi connectivity index (χ2v) is 27.3. The van der Waals surface area contributed by atoms with Gasteiger partial charge in [-0.3, -0.25) is 13.8 Å². The lowest BCUT2D eigenvalue weighted by molar-refractivity contribution is 0.555. The summed E-state index contributed by atoms with van der Waals surface area (Å²) in [7, 11) is -2.26. The van der Waals surface area contributed by atoms with Crippen molar-refractivity contribution < 1.29 is 0 Å². The SMILES string of the molecule is CC(C)c1cccc(C(C)C)c1-n1ccn(-c2c(C(C)C)cccc2C(C)C)c1=N[SiH][Si](C(C)(C)C)(C(C)(C)C)C(C)(C)C. The molecule has 0 unspecified atom stereocenters. The van der Waals surface area contributed by atoms with Crippen LogP contribution in [-0.2, 0) is 0 Å². The van der Waals surface area contributed by atoms with Crippen molar-refractivity contribution in [3.05, 3.63) is 76.7 Å². The van der Waals surface area contributed by atoms with Gasteiger partial charge in [0.05, 0.1) is 19.0 Å². The average Bonchev–Trinajstić information content (AvgIpc) is 3.28. The van der Waals surface area contributed by atoms with E-state index in [2.05, 4.69) is 176 Å². The van der Waals surface area contributed by atoms with Crippen LogP contribution in [0.5, 0.6) is 0 Å². The van der Waals surface area contributed by atoms with Crippen molar-refractivity contribution in [2.75, 3.05) is 0 Å². The largest absolute Gasteiger partial charge is 0.299 e. The molecule has 0 fully saturated rings. The highest BCUT2D eigenvalue weighted by Crippen LogP contribution is 2.61. The van der Waals surface area contributed by atoms with Gasteiger partial charge in [-0.2, -0.15) is 0 Å². The van der Waals surface area contributed by atoms with E-state index in [1.165, 1.54) is 33.6 Å². The molecule has 0 aliphatic rings. The zero-order valence-electron chi connectivity index (χ0n) is 31.3. The van der Waals surface area contributed by atoms with Crippen LogP contribution in [0.1, 0.15) is 164 Å². The van der Waals surface area contributed by atoms with Gasteiger partial charge in [-0.1, -0.05) is 154 Å². The van der Waals surface area contributed by atoms with Crippen molar-refractivity contribution in [1.29, 1.82) is 0 Å². The van der Waals surface area contributed by atoms with Crippen LogP contribution in [0.3, 0.4) is 0 Å². The summed E-state index contributed by atoms with van der Waals surface area (Å²) in [4.78, 5) is 0. The van der Waals surface area contributed by atoms with E-state index < -0.39 is 7.59 Å². The number of nitrogens with zero attached hydrogens (tertiary/aromatic N) is 3. The molecule has 0 atom stereocenters. The first-order valence-corrected chi connectivity index (χ1v) is 21.4. The van der Waals surface area contributed by atoms with E-state index in [0.717, 1.165) is 5.62 Å². The lowest BCUT2D eigenvalue weighted by Gasteiger charge is -2.58. The summed E-state index contributed by atoms with van der Waals surface area (Å²) in [5.74, 6) is 1.62. The van der Waals surface area contributed by atoms with Gasteiger partial charge in [0, 0.05) is 12.4 Å². The predicted octanol–water partition coefficient (Wildman–Crippen LogP) is 11.4. The zero-order chi connectivity index (χ0) is 33.6. The summed E-state index contributed by atoms with van der Waals surface area (Å²) >= 11 is 0. The summed E-state index contributed by atoms with van der Waals surface area (Å²) in [6.07, 6.45) is 4.61. The normalized spacial score (nSPS) is 13.6. The van der Waals surface area contributed by atoms with Crippen LogP contribution < -0.4 is 5.62 Å². The zero-order valence-corrected chi connectivity index (χ0v) is 33.5. The molecule has 5 heteroatoms. The van der Waals surface area contributed by atoms with Gasteiger partial charge >= 0.3 is 0 Å². The van der Waals surface area contributed by atoms with Gasteiger partial charge in [-0.25, -0.2) is 0 Å². The topological polar surface area (TPSA) is 22.2 Å². The molecule has 1 aromatic heterocycles. The van der Waals surface area contributed by atoms with Crippen molar-refractivity contribution in [2.45, 2.75) is 156 Å². The van der Waals surface area contributed by atoms with Crippen molar-refractivity contribution in [2.24, 2.45) is 4.66 Å². The molecule has 3 aromatic rings. The summed E-state index contributed by atoms with van der Waals surface area (Å²) in [6, 6.07) is 13.8. The number of imidazole rings is 1. The first-order chi connectivity index (χ1) is 20.1. The Morgan fingerprint density at radius 3 is 1.02 bits per heavy atom. The summed E-state index contributed by atoms with van der Waals surface area (Å²) in [6.45, 7) is 41.1. The summed E-state index contributed by atoms with van der Waals surface area (Å²) in [5, 5.41) is 0.591. The Labute approximate surface area is 274 Å². The van der Waals surface area contributed by atoms with E-state index in [4.69, 9.17) is 4.66 Å². The van der Waals surface area contributed by atoms with E-state index >= 15 is 0 Å². The molecule has 1 heterocycles. The molecule has 0 spiro atoms.